The Labute approximate surface area is 119 Å². The molecule has 2 rings (SSSR count). The van der Waals surface area contributed by atoms with E-state index in [2.05, 4.69) is 10.4 Å². The van der Waals surface area contributed by atoms with E-state index in [0.29, 0.717) is 5.75 Å². The van der Waals surface area contributed by atoms with Gasteiger partial charge < -0.3 is 15.2 Å². The van der Waals surface area contributed by atoms with Gasteiger partial charge in [0.25, 0.3) is 0 Å². The highest BCUT2D eigenvalue weighted by Gasteiger charge is 2.11. The molecule has 0 saturated heterocycles. The van der Waals surface area contributed by atoms with E-state index in [9.17, 15) is 5.11 Å². The number of phenolic OH excluding ortho intramolecular Hbond substituents is 1. The number of benzene rings is 1. The molecule has 20 heavy (non-hydrogen) atoms. The first kappa shape index (κ1) is 14.4. The first-order valence-corrected chi connectivity index (χ1v) is 6.69. The summed E-state index contributed by atoms with van der Waals surface area (Å²) in [5.74, 6) is 0.915. The van der Waals surface area contributed by atoms with Gasteiger partial charge in [-0.05, 0) is 19.1 Å². The minimum atomic E-state index is 0.0779. The Kier molecular flexibility index (Phi) is 4.63. The zero-order valence-corrected chi connectivity index (χ0v) is 12.1. The Bertz CT molecular complexity index is 566. The van der Waals surface area contributed by atoms with Crippen molar-refractivity contribution in [2.24, 2.45) is 7.05 Å². The van der Waals surface area contributed by atoms with Crippen LogP contribution < -0.4 is 10.1 Å². The second kappa shape index (κ2) is 6.43. The SMILES string of the molecule is COc1ccc(C(C)NCCc2ccnn2C)c(O)c1. The summed E-state index contributed by atoms with van der Waals surface area (Å²) >= 11 is 0. The predicted molar refractivity (Wildman–Crippen MR) is 78.0 cm³/mol. The van der Waals surface area contributed by atoms with Crippen LogP contribution in [0, 0.1) is 0 Å². The van der Waals surface area contributed by atoms with Crippen molar-refractivity contribution < 1.29 is 9.84 Å². The third-order valence-corrected chi connectivity index (χ3v) is 3.46. The quantitative estimate of drug-likeness (QED) is 0.847. The molecule has 1 atom stereocenters. The van der Waals surface area contributed by atoms with Gasteiger partial charge in [0.05, 0.1) is 7.11 Å². The van der Waals surface area contributed by atoms with Gasteiger partial charge in [-0.25, -0.2) is 0 Å². The molecule has 1 aromatic heterocycles. The molecule has 0 spiro atoms. The van der Waals surface area contributed by atoms with Crippen LogP contribution in [-0.4, -0.2) is 28.5 Å². The van der Waals surface area contributed by atoms with Crippen LogP contribution in [-0.2, 0) is 13.5 Å². The van der Waals surface area contributed by atoms with Gasteiger partial charge >= 0.3 is 0 Å². The highest BCUT2D eigenvalue weighted by Crippen LogP contribution is 2.28. The van der Waals surface area contributed by atoms with Gasteiger partial charge in [-0.15, -0.1) is 0 Å². The molecule has 5 nitrogen and oxygen atoms in total. The lowest BCUT2D eigenvalue weighted by molar-refractivity contribution is 0.404. The Balaban J connectivity index is 1.91. The molecule has 0 aliphatic heterocycles. The molecule has 0 amide bonds. The predicted octanol–water partition coefficient (Wildman–Crippen LogP) is 2.03. The minimum Gasteiger partial charge on any atom is -0.507 e. The number of ether oxygens (including phenoxy) is 1. The third kappa shape index (κ3) is 3.30. The van der Waals surface area contributed by atoms with E-state index in [1.165, 1.54) is 5.69 Å². The molecule has 2 N–H and O–H groups in total. The normalized spacial score (nSPS) is 12.3. The largest absolute Gasteiger partial charge is 0.507 e. The van der Waals surface area contributed by atoms with Crippen LogP contribution in [0.25, 0.3) is 0 Å². The van der Waals surface area contributed by atoms with Crippen LogP contribution in [0.4, 0.5) is 0 Å². The lowest BCUT2D eigenvalue weighted by atomic mass is 10.1. The van der Waals surface area contributed by atoms with Crippen LogP contribution in [0.5, 0.6) is 11.5 Å². The molecule has 0 bridgehead atoms. The zero-order chi connectivity index (χ0) is 14.5. The van der Waals surface area contributed by atoms with Gasteiger partial charge in [-0.2, -0.15) is 5.10 Å². The average Bonchev–Trinajstić information content (AvgIpc) is 2.84. The highest BCUT2D eigenvalue weighted by atomic mass is 16.5. The van der Waals surface area contributed by atoms with E-state index in [4.69, 9.17) is 4.74 Å². The number of phenols is 1. The number of rotatable bonds is 6. The molecule has 1 unspecified atom stereocenters. The molecule has 0 aliphatic rings. The Morgan fingerprint density at radius 1 is 1.40 bits per heavy atom. The molecule has 0 aliphatic carbocycles. The Morgan fingerprint density at radius 3 is 2.80 bits per heavy atom. The fourth-order valence-corrected chi connectivity index (χ4v) is 2.19. The van der Waals surface area contributed by atoms with Crippen LogP contribution in [0.3, 0.4) is 0 Å². The summed E-state index contributed by atoms with van der Waals surface area (Å²) < 4.78 is 6.96. The number of aromatic hydroxyl groups is 1. The van der Waals surface area contributed by atoms with Crippen LogP contribution in [0.2, 0.25) is 0 Å². The summed E-state index contributed by atoms with van der Waals surface area (Å²) in [6.07, 6.45) is 2.70. The fourth-order valence-electron chi connectivity index (χ4n) is 2.19. The molecule has 2 aromatic rings. The van der Waals surface area contributed by atoms with Crippen LogP contribution >= 0.6 is 0 Å². The van der Waals surface area contributed by atoms with E-state index < -0.39 is 0 Å². The summed E-state index contributed by atoms with van der Waals surface area (Å²) in [4.78, 5) is 0. The molecular formula is C15H21N3O2. The van der Waals surface area contributed by atoms with Gasteiger partial charge in [0.1, 0.15) is 11.5 Å². The number of nitrogens with one attached hydrogen (secondary N) is 1. The first-order chi connectivity index (χ1) is 9.61. The minimum absolute atomic E-state index is 0.0779. The topological polar surface area (TPSA) is 59.3 Å². The van der Waals surface area contributed by atoms with Crippen molar-refractivity contribution in [3.63, 3.8) is 0 Å². The smallest absolute Gasteiger partial charge is 0.124 e. The van der Waals surface area contributed by atoms with Gasteiger partial charge in [0.2, 0.25) is 0 Å². The van der Waals surface area contributed by atoms with Crippen molar-refractivity contribution in [2.45, 2.75) is 19.4 Å². The van der Waals surface area contributed by atoms with E-state index in [1.54, 1.807) is 19.4 Å². The van der Waals surface area contributed by atoms with Crippen molar-refractivity contribution in [3.8, 4) is 11.5 Å². The number of aromatic nitrogens is 2. The Hall–Kier alpha value is -2.01. The maximum atomic E-state index is 9.99. The summed E-state index contributed by atoms with van der Waals surface area (Å²) in [6.45, 7) is 2.86. The summed E-state index contributed by atoms with van der Waals surface area (Å²) in [5, 5.41) is 17.5. The van der Waals surface area contributed by atoms with Crippen molar-refractivity contribution >= 4 is 0 Å². The monoisotopic (exact) mass is 275 g/mol. The number of hydrogen-bond donors (Lipinski definition) is 2. The van der Waals surface area contributed by atoms with Crippen molar-refractivity contribution in [1.82, 2.24) is 15.1 Å². The van der Waals surface area contributed by atoms with Gasteiger partial charge in [0.15, 0.2) is 0 Å². The first-order valence-electron chi connectivity index (χ1n) is 6.69. The molecule has 5 heteroatoms. The standard InChI is InChI=1S/C15H21N3O2/c1-11(14-5-4-13(20-3)10-15(14)19)16-8-6-12-7-9-17-18(12)2/h4-5,7,9-11,16,19H,6,8H2,1-3H3. The lowest BCUT2D eigenvalue weighted by Gasteiger charge is -2.16. The van der Waals surface area contributed by atoms with Crippen LogP contribution in [0.1, 0.15) is 24.2 Å². The lowest BCUT2D eigenvalue weighted by Crippen LogP contribution is -2.22. The number of hydrogen-bond acceptors (Lipinski definition) is 4. The third-order valence-electron chi connectivity index (χ3n) is 3.46. The highest BCUT2D eigenvalue weighted by molar-refractivity contribution is 5.41. The molecule has 1 aromatic carbocycles. The summed E-state index contributed by atoms with van der Waals surface area (Å²) in [7, 11) is 3.53. The molecule has 0 fully saturated rings. The molecule has 108 valence electrons. The van der Waals surface area contributed by atoms with E-state index in [1.807, 2.05) is 36.9 Å². The number of nitrogens with zero attached hydrogens (tertiary/aromatic N) is 2. The van der Waals surface area contributed by atoms with Gasteiger partial charge in [-0.1, -0.05) is 6.07 Å². The van der Waals surface area contributed by atoms with Gasteiger partial charge in [0, 0.05) is 49.6 Å². The fraction of sp³-hybridized carbons (Fsp3) is 0.400. The maximum Gasteiger partial charge on any atom is 0.124 e. The number of aryl methyl sites for hydroxylation is 1. The second-order valence-corrected chi connectivity index (χ2v) is 4.80. The van der Waals surface area contributed by atoms with Gasteiger partial charge in [-0.3, -0.25) is 4.68 Å². The summed E-state index contributed by atoms with van der Waals surface area (Å²) in [6, 6.07) is 7.46. The Morgan fingerprint density at radius 2 is 2.20 bits per heavy atom. The van der Waals surface area contributed by atoms with Crippen molar-refractivity contribution in [3.05, 3.63) is 41.7 Å². The maximum absolute atomic E-state index is 9.99. The van der Waals surface area contributed by atoms with Crippen molar-refractivity contribution in [2.75, 3.05) is 13.7 Å². The zero-order valence-electron chi connectivity index (χ0n) is 12.1. The van der Waals surface area contributed by atoms with Crippen LogP contribution in [0.15, 0.2) is 30.5 Å². The summed E-state index contributed by atoms with van der Waals surface area (Å²) in [5.41, 5.74) is 2.06. The average molecular weight is 275 g/mol. The van der Waals surface area contributed by atoms with E-state index >= 15 is 0 Å². The van der Waals surface area contributed by atoms with Crippen molar-refractivity contribution in [1.29, 1.82) is 0 Å². The molecule has 1 heterocycles. The molecule has 0 saturated carbocycles. The molecule has 0 radical (unpaired) electrons. The number of methoxy groups -OCH3 is 1. The van der Waals surface area contributed by atoms with E-state index in [0.717, 1.165) is 18.5 Å². The second-order valence-electron chi connectivity index (χ2n) is 4.80. The van der Waals surface area contributed by atoms with E-state index in [-0.39, 0.29) is 11.8 Å². The molecular weight excluding hydrogens is 254 g/mol.